The van der Waals surface area contributed by atoms with E-state index in [2.05, 4.69) is 46.8 Å². The van der Waals surface area contributed by atoms with Crippen LogP contribution in [0.25, 0.3) is 0 Å². The minimum atomic E-state index is 0.462. The van der Waals surface area contributed by atoms with Crippen LogP contribution < -0.4 is 4.90 Å². The zero-order valence-electron chi connectivity index (χ0n) is 10.7. The van der Waals surface area contributed by atoms with Crippen LogP contribution in [-0.2, 0) is 0 Å². The first-order chi connectivity index (χ1) is 8.60. The maximum Gasteiger partial charge on any atom is 0.103 e. The van der Waals surface area contributed by atoms with Gasteiger partial charge in [0.25, 0.3) is 0 Å². The highest BCUT2D eigenvalue weighted by molar-refractivity contribution is 9.10. The Balaban J connectivity index is 3.09. The number of rotatable bonds is 5. The Labute approximate surface area is 117 Å². The molecular formula is C14H16BrN3. The Bertz CT molecular complexity index is 483. The van der Waals surface area contributed by atoms with Crippen LogP contribution in [0.5, 0.6) is 0 Å². The highest BCUT2D eigenvalue weighted by atomic mass is 79.9. The second-order valence-corrected chi connectivity index (χ2v) is 5.35. The molecule has 0 saturated heterocycles. The van der Waals surface area contributed by atoms with Crippen LogP contribution in [0.4, 0.5) is 5.69 Å². The zero-order chi connectivity index (χ0) is 13.5. The molecule has 0 aromatic heterocycles. The quantitative estimate of drug-likeness (QED) is 0.833. The molecule has 0 heterocycles. The maximum absolute atomic E-state index is 9.24. The van der Waals surface area contributed by atoms with Gasteiger partial charge < -0.3 is 4.90 Å². The molecule has 0 atom stereocenters. The molecule has 94 valence electrons. The fourth-order valence-corrected chi connectivity index (χ4v) is 2.27. The van der Waals surface area contributed by atoms with Gasteiger partial charge in [0.15, 0.2) is 0 Å². The molecule has 0 spiro atoms. The lowest BCUT2D eigenvalue weighted by molar-refractivity contribution is 0.612. The van der Waals surface area contributed by atoms with E-state index in [0.29, 0.717) is 24.4 Å². The number of halogens is 1. The predicted octanol–water partition coefficient (Wildman–Crippen LogP) is 3.70. The molecule has 0 N–H and O–H groups in total. The third-order valence-corrected chi connectivity index (χ3v) is 3.18. The molecule has 18 heavy (non-hydrogen) atoms. The summed E-state index contributed by atoms with van der Waals surface area (Å²) in [6.45, 7) is 5.75. The smallest absolute Gasteiger partial charge is 0.103 e. The van der Waals surface area contributed by atoms with Crippen LogP contribution >= 0.6 is 15.9 Å². The average Bonchev–Trinajstić information content (AvgIpc) is 2.33. The minimum absolute atomic E-state index is 0.462. The average molecular weight is 306 g/mol. The van der Waals surface area contributed by atoms with Crippen LogP contribution in [0, 0.1) is 28.6 Å². The van der Waals surface area contributed by atoms with Crippen molar-refractivity contribution >= 4 is 21.6 Å². The standard InChI is InChI=1S/C14H16BrN3/c1-11(2)10-18(8-4-7-16)14-6-3-5-13(15)12(14)9-17/h3,5-6,11H,4,8,10H2,1-2H3. The molecule has 0 aliphatic rings. The molecule has 0 bridgehead atoms. The lowest BCUT2D eigenvalue weighted by Crippen LogP contribution is -2.29. The molecular weight excluding hydrogens is 290 g/mol. The molecule has 0 fully saturated rings. The van der Waals surface area contributed by atoms with Crippen molar-refractivity contribution in [2.75, 3.05) is 18.0 Å². The van der Waals surface area contributed by atoms with E-state index in [0.717, 1.165) is 16.7 Å². The number of nitriles is 2. The van der Waals surface area contributed by atoms with Crippen molar-refractivity contribution in [2.45, 2.75) is 20.3 Å². The summed E-state index contributed by atoms with van der Waals surface area (Å²) in [7, 11) is 0. The summed E-state index contributed by atoms with van der Waals surface area (Å²) in [6, 6.07) is 10.1. The van der Waals surface area contributed by atoms with Gasteiger partial charge in [0.05, 0.1) is 23.7 Å². The molecule has 1 aromatic carbocycles. The van der Waals surface area contributed by atoms with Gasteiger partial charge in [-0.15, -0.1) is 0 Å². The Morgan fingerprint density at radius 3 is 2.61 bits per heavy atom. The number of hydrogen-bond donors (Lipinski definition) is 0. The van der Waals surface area contributed by atoms with Gasteiger partial charge in [-0.1, -0.05) is 19.9 Å². The molecule has 0 amide bonds. The third-order valence-electron chi connectivity index (χ3n) is 2.52. The lowest BCUT2D eigenvalue weighted by atomic mass is 10.1. The van der Waals surface area contributed by atoms with Crippen LogP contribution in [0.2, 0.25) is 0 Å². The van der Waals surface area contributed by atoms with E-state index in [1.54, 1.807) is 0 Å². The number of nitrogens with zero attached hydrogens (tertiary/aromatic N) is 3. The van der Waals surface area contributed by atoms with Crippen LogP contribution in [0.15, 0.2) is 22.7 Å². The van der Waals surface area contributed by atoms with Gasteiger partial charge in [0, 0.05) is 17.6 Å². The predicted molar refractivity (Wildman–Crippen MR) is 76.1 cm³/mol. The summed E-state index contributed by atoms with van der Waals surface area (Å²) in [5.74, 6) is 0.481. The van der Waals surface area contributed by atoms with E-state index in [1.165, 1.54) is 0 Å². The summed E-state index contributed by atoms with van der Waals surface area (Å²) < 4.78 is 0.799. The SMILES string of the molecule is CC(C)CN(CCC#N)c1cccc(Br)c1C#N. The fraction of sp³-hybridized carbons (Fsp3) is 0.429. The van der Waals surface area contributed by atoms with Crippen molar-refractivity contribution in [3.63, 3.8) is 0 Å². The molecule has 3 nitrogen and oxygen atoms in total. The number of benzene rings is 1. The van der Waals surface area contributed by atoms with E-state index in [1.807, 2.05) is 18.2 Å². The van der Waals surface area contributed by atoms with Gasteiger partial charge >= 0.3 is 0 Å². The highest BCUT2D eigenvalue weighted by Crippen LogP contribution is 2.27. The van der Waals surface area contributed by atoms with Gasteiger partial charge in [-0.05, 0) is 34.0 Å². The van der Waals surface area contributed by atoms with Crippen molar-refractivity contribution in [3.8, 4) is 12.1 Å². The number of hydrogen-bond acceptors (Lipinski definition) is 3. The van der Waals surface area contributed by atoms with E-state index in [4.69, 9.17) is 5.26 Å². The van der Waals surface area contributed by atoms with E-state index in [-0.39, 0.29) is 0 Å². The van der Waals surface area contributed by atoms with Crippen molar-refractivity contribution < 1.29 is 0 Å². The largest absolute Gasteiger partial charge is 0.369 e. The highest BCUT2D eigenvalue weighted by Gasteiger charge is 2.14. The van der Waals surface area contributed by atoms with E-state index in [9.17, 15) is 5.26 Å². The zero-order valence-corrected chi connectivity index (χ0v) is 12.2. The Morgan fingerprint density at radius 2 is 2.06 bits per heavy atom. The molecule has 4 heteroatoms. The number of anilines is 1. The first kappa shape index (κ1) is 14.5. The molecule has 0 aliphatic carbocycles. The first-order valence-electron chi connectivity index (χ1n) is 5.90. The maximum atomic E-state index is 9.24. The summed E-state index contributed by atoms with van der Waals surface area (Å²) in [6.07, 6.45) is 0.462. The van der Waals surface area contributed by atoms with E-state index < -0.39 is 0 Å². The fourth-order valence-electron chi connectivity index (χ4n) is 1.82. The van der Waals surface area contributed by atoms with Crippen LogP contribution in [0.3, 0.4) is 0 Å². The van der Waals surface area contributed by atoms with Crippen molar-refractivity contribution in [1.82, 2.24) is 0 Å². The molecule has 0 saturated carbocycles. The van der Waals surface area contributed by atoms with Crippen LogP contribution in [-0.4, -0.2) is 13.1 Å². The molecule has 0 unspecified atom stereocenters. The Morgan fingerprint density at radius 1 is 1.33 bits per heavy atom. The second kappa shape index (κ2) is 7.03. The van der Waals surface area contributed by atoms with Crippen molar-refractivity contribution in [3.05, 3.63) is 28.2 Å². The normalized spacial score (nSPS) is 9.89. The topological polar surface area (TPSA) is 50.8 Å². The summed E-state index contributed by atoms with van der Waals surface area (Å²) >= 11 is 3.40. The van der Waals surface area contributed by atoms with Gasteiger partial charge in [-0.25, -0.2) is 0 Å². The molecule has 0 radical (unpaired) electrons. The van der Waals surface area contributed by atoms with Crippen molar-refractivity contribution in [2.24, 2.45) is 5.92 Å². The summed E-state index contributed by atoms with van der Waals surface area (Å²) in [5, 5.41) is 18.0. The van der Waals surface area contributed by atoms with Gasteiger partial charge in [0.2, 0.25) is 0 Å². The van der Waals surface area contributed by atoms with E-state index >= 15 is 0 Å². The van der Waals surface area contributed by atoms with Gasteiger partial charge in [0.1, 0.15) is 6.07 Å². The molecule has 1 rings (SSSR count). The first-order valence-corrected chi connectivity index (χ1v) is 6.70. The van der Waals surface area contributed by atoms with Gasteiger partial charge in [-0.2, -0.15) is 10.5 Å². The lowest BCUT2D eigenvalue weighted by Gasteiger charge is -2.27. The monoisotopic (exact) mass is 305 g/mol. The Kier molecular flexibility index (Phi) is 5.68. The Hall–Kier alpha value is -1.52. The summed E-state index contributed by atoms with van der Waals surface area (Å²) in [5.41, 5.74) is 1.53. The van der Waals surface area contributed by atoms with Crippen molar-refractivity contribution in [1.29, 1.82) is 10.5 Å². The van der Waals surface area contributed by atoms with Crippen LogP contribution in [0.1, 0.15) is 25.8 Å². The molecule has 0 aliphatic heterocycles. The molecule has 1 aromatic rings. The third kappa shape index (κ3) is 3.75. The van der Waals surface area contributed by atoms with Gasteiger partial charge in [-0.3, -0.25) is 0 Å². The minimum Gasteiger partial charge on any atom is -0.369 e. The summed E-state index contributed by atoms with van der Waals surface area (Å²) in [4.78, 5) is 2.11. The second-order valence-electron chi connectivity index (χ2n) is 4.49.